The molecule has 0 radical (unpaired) electrons. The zero-order chi connectivity index (χ0) is 23.2. The maximum Gasteiger partial charge on any atom is 0.335 e. The van der Waals surface area contributed by atoms with E-state index in [1.807, 2.05) is 11.8 Å². The van der Waals surface area contributed by atoms with Crippen LogP contribution in [0, 0.1) is 15.5 Å². The number of carbonyl (C=O) groups is 3. The van der Waals surface area contributed by atoms with Gasteiger partial charge in [-0.1, -0.05) is 24.9 Å². The van der Waals surface area contributed by atoms with Crippen molar-refractivity contribution in [1.82, 2.24) is 5.32 Å². The Hall–Kier alpha value is -3.46. The van der Waals surface area contributed by atoms with Gasteiger partial charge in [0.15, 0.2) is 5.41 Å². The van der Waals surface area contributed by atoms with Crippen molar-refractivity contribution in [2.24, 2.45) is 5.41 Å². The standard InChI is InChI=1S/C22H21ClN4O5/c1-3-4-18-22(12-13-11-16(27(31)32)9-10-17(13)25(18)2)19(28)24-21(30)26(20(22)29)15-7-5-14(23)6-8-15/h5-11,18H,3-4,12H2,1-2H3,(H,24,28,30)/t18-,22+/m0/s1. The molecule has 0 saturated carbocycles. The summed E-state index contributed by atoms with van der Waals surface area (Å²) < 4.78 is 0. The van der Waals surface area contributed by atoms with Crippen molar-refractivity contribution in [1.29, 1.82) is 0 Å². The third-order valence-electron chi connectivity index (χ3n) is 6.22. The van der Waals surface area contributed by atoms with Gasteiger partial charge < -0.3 is 4.90 Å². The van der Waals surface area contributed by atoms with Gasteiger partial charge >= 0.3 is 6.03 Å². The molecule has 2 aromatic rings. The topological polar surface area (TPSA) is 113 Å². The second-order valence-electron chi connectivity index (χ2n) is 8.01. The number of hydrogen-bond donors (Lipinski definition) is 1. The first kappa shape index (κ1) is 21.8. The third kappa shape index (κ3) is 3.20. The largest absolute Gasteiger partial charge is 0.370 e. The predicted octanol–water partition coefficient (Wildman–Crippen LogP) is 3.68. The Kier molecular flexibility index (Phi) is 5.37. The second-order valence-corrected chi connectivity index (χ2v) is 8.45. The number of barbiturate groups is 1. The molecule has 0 aliphatic carbocycles. The van der Waals surface area contributed by atoms with Crippen LogP contribution in [0.1, 0.15) is 25.3 Å². The van der Waals surface area contributed by atoms with E-state index in [0.717, 1.165) is 10.6 Å². The molecular formula is C22H21ClN4O5. The Morgan fingerprint density at radius 2 is 1.88 bits per heavy atom. The molecule has 4 rings (SSSR count). The molecule has 2 heterocycles. The molecule has 0 unspecified atom stereocenters. The average molecular weight is 457 g/mol. The highest BCUT2D eigenvalue weighted by Gasteiger charge is 2.61. The molecule has 1 saturated heterocycles. The summed E-state index contributed by atoms with van der Waals surface area (Å²) in [6.45, 7) is 1.94. The van der Waals surface area contributed by atoms with Gasteiger partial charge in [-0.15, -0.1) is 0 Å². The highest BCUT2D eigenvalue weighted by atomic mass is 35.5. The number of benzene rings is 2. The van der Waals surface area contributed by atoms with Gasteiger partial charge in [-0.3, -0.25) is 25.0 Å². The SMILES string of the molecule is CCC[C@@H]1N(C)c2ccc([N+](=O)[O-])cc2C[C@]12C(=O)NC(=O)N(c1ccc(Cl)cc1)C2=O. The zero-order valence-corrected chi connectivity index (χ0v) is 18.3. The number of urea groups is 1. The van der Waals surface area contributed by atoms with E-state index in [1.165, 1.54) is 24.3 Å². The van der Waals surface area contributed by atoms with Gasteiger partial charge in [0.25, 0.3) is 11.6 Å². The molecule has 9 nitrogen and oxygen atoms in total. The minimum absolute atomic E-state index is 0.0545. The van der Waals surface area contributed by atoms with Crippen LogP contribution in [0.25, 0.3) is 0 Å². The van der Waals surface area contributed by atoms with Crippen molar-refractivity contribution < 1.29 is 19.3 Å². The highest BCUT2D eigenvalue weighted by Crippen LogP contribution is 2.46. The van der Waals surface area contributed by atoms with E-state index >= 15 is 0 Å². The summed E-state index contributed by atoms with van der Waals surface area (Å²) in [5, 5.41) is 14.1. The summed E-state index contributed by atoms with van der Waals surface area (Å²) in [5.74, 6) is -1.35. The lowest BCUT2D eigenvalue weighted by molar-refractivity contribution is -0.384. The molecule has 1 fully saturated rings. The fraction of sp³-hybridized carbons (Fsp3) is 0.318. The van der Waals surface area contributed by atoms with Crippen LogP contribution in [0.3, 0.4) is 0 Å². The first-order valence-electron chi connectivity index (χ1n) is 10.2. The van der Waals surface area contributed by atoms with Crippen LogP contribution in [-0.2, 0) is 16.0 Å². The van der Waals surface area contributed by atoms with E-state index in [0.29, 0.717) is 23.4 Å². The summed E-state index contributed by atoms with van der Waals surface area (Å²) in [7, 11) is 1.76. The van der Waals surface area contributed by atoms with Gasteiger partial charge in [-0.05, 0) is 42.3 Å². The van der Waals surface area contributed by atoms with E-state index in [4.69, 9.17) is 11.6 Å². The molecule has 2 atom stereocenters. The zero-order valence-electron chi connectivity index (χ0n) is 17.5. The van der Waals surface area contributed by atoms with E-state index < -0.39 is 34.2 Å². The minimum Gasteiger partial charge on any atom is -0.370 e. The van der Waals surface area contributed by atoms with Crippen LogP contribution >= 0.6 is 11.6 Å². The van der Waals surface area contributed by atoms with Crippen molar-refractivity contribution in [2.45, 2.75) is 32.2 Å². The number of carbonyl (C=O) groups excluding carboxylic acids is 3. The number of fused-ring (bicyclic) bond motifs is 1. The van der Waals surface area contributed by atoms with Crippen molar-refractivity contribution in [3.05, 3.63) is 63.2 Å². The number of rotatable bonds is 4. The minimum atomic E-state index is -1.62. The molecule has 32 heavy (non-hydrogen) atoms. The molecule has 1 N–H and O–H groups in total. The van der Waals surface area contributed by atoms with Gasteiger partial charge in [0, 0.05) is 36.3 Å². The molecule has 166 valence electrons. The van der Waals surface area contributed by atoms with Gasteiger partial charge in [0.2, 0.25) is 5.91 Å². The maximum absolute atomic E-state index is 13.9. The molecular weight excluding hydrogens is 436 g/mol. The van der Waals surface area contributed by atoms with E-state index in [-0.39, 0.29) is 17.8 Å². The Bertz CT molecular complexity index is 1140. The maximum atomic E-state index is 13.9. The summed E-state index contributed by atoms with van der Waals surface area (Å²) in [6.07, 6.45) is 1.14. The number of nitro groups is 1. The fourth-order valence-electron chi connectivity index (χ4n) is 4.73. The smallest absolute Gasteiger partial charge is 0.335 e. The molecule has 0 bridgehead atoms. The van der Waals surface area contributed by atoms with Crippen LogP contribution < -0.4 is 15.1 Å². The number of nitrogens with one attached hydrogen (secondary N) is 1. The number of imide groups is 2. The van der Waals surface area contributed by atoms with Crippen molar-refractivity contribution in [2.75, 3.05) is 16.8 Å². The van der Waals surface area contributed by atoms with Crippen molar-refractivity contribution >= 4 is 46.5 Å². The van der Waals surface area contributed by atoms with Crippen LogP contribution in [0.4, 0.5) is 21.9 Å². The van der Waals surface area contributed by atoms with E-state index in [1.54, 1.807) is 25.2 Å². The lowest BCUT2D eigenvalue weighted by Gasteiger charge is -2.50. The molecule has 10 heteroatoms. The Morgan fingerprint density at radius 1 is 1.19 bits per heavy atom. The van der Waals surface area contributed by atoms with E-state index in [2.05, 4.69) is 5.32 Å². The first-order chi connectivity index (χ1) is 15.2. The Morgan fingerprint density at radius 3 is 2.50 bits per heavy atom. The average Bonchev–Trinajstić information content (AvgIpc) is 2.75. The summed E-state index contributed by atoms with van der Waals surface area (Å²) in [6, 6.07) is 9.21. The number of anilines is 2. The number of nitrogens with zero attached hydrogens (tertiary/aromatic N) is 3. The summed E-state index contributed by atoms with van der Waals surface area (Å²) in [5.41, 5.74) is -0.249. The lowest BCUT2D eigenvalue weighted by Crippen LogP contribution is -2.72. The Balaban J connectivity index is 1.88. The molecule has 1 spiro atoms. The fourth-order valence-corrected chi connectivity index (χ4v) is 4.86. The molecule has 0 aromatic heterocycles. The highest BCUT2D eigenvalue weighted by molar-refractivity contribution is 6.32. The summed E-state index contributed by atoms with van der Waals surface area (Å²) >= 11 is 5.95. The number of amides is 4. The summed E-state index contributed by atoms with van der Waals surface area (Å²) in [4.78, 5) is 53.5. The molecule has 2 aromatic carbocycles. The number of non-ortho nitro benzene ring substituents is 1. The lowest BCUT2D eigenvalue weighted by atomic mass is 9.67. The van der Waals surface area contributed by atoms with E-state index in [9.17, 15) is 24.5 Å². The van der Waals surface area contributed by atoms with Crippen LogP contribution in [-0.4, -0.2) is 35.9 Å². The molecule has 4 amide bonds. The Labute approximate surface area is 189 Å². The van der Waals surface area contributed by atoms with Gasteiger partial charge in [-0.2, -0.15) is 0 Å². The molecule has 2 aliphatic heterocycles. The quantitative estimate of drug-likeness (QED) is 0.426. The van der Waals surface area contributed by atoms with Crippen LogP contribution in [0.5, 0.6) is 0 Å². The van der Waals surface area contributed by atoms with Crippen LogP contribution in [0.15, 0.2) is 42.5 Å². The predicted molar refractivity (Wildman–Crippen MR) is 119 cm³/mol. The van der Waals surface area contributed by atoms with Gasteiger partial charge in [0.05, 0.1) is 16.7 Å². The number of hydrogen-bond acceptors (Lipinski definition) is 6. The second kappa shape index (κ2) is 7.90. The molecule has 2 aliphatic rings. The van der Waals surface area contributed by atoms with Gasteiger partial charge in [-0.25, -0.2) is 9.69 Å². The number of nitro benzene ring substituents is 1. The number of halogens is 1. The normalized spacial score (nSPS) is 22.7. The third-order valence-corrected chi connectivity index (χ3v) is 6.47. The van der Waals surface area contributed by atoms with Crippen LogP contribution in [0.2, 0.25) is 5.02 Å². The van der Waals surface area contributed by atoms with Crippen molar-refractivity contribution in [3.63, 3.8) is 0 Å². The first-order valence-corrected chi connectivity index (χ1v) is 10.5. The van der Waals surface area contributed by atoms with Gasteiger partial charge in [0.1, 0.15) is 0 Å². The van der Waals surface area contributed by atoms with Crippen molar-refractivity contribution in [3.8, 4) is 0 Å². The monoisotopic (exact) mass is 456 g/mol.